The van der Waals surface area contributed by atoms with Crippen molar-refractivity contribution in [2.75, 3.05) is 0 Å². The van der Waals surface area contributed by atoms with Crippen LogP contribution in [0.15, 0.2) is 33.9 Å². The van der Waals surface area contributed by atoms with Crippen LogP contribution in [0.4, 0.5) is 0 Å². The maximum atomic E-state index is 13.0. The molecule has 1 aliphatic rings. The Kier molecular flexibility index (Phi) is 4.99. The number of unbranched alkanes of at least 4 members (excludes halogenated alkanes) is 2. The molecule has 1 fully saturated rings. The first-order chi connectivity index (χ1) is 11.2. The SMILES string of the molecule is CCCCCn1c(=O)n(C2CCCCC2)c(=O)c2ccccc21. The van der Waals surface area contributed by atoms with Crippen LogP contribution in [-0.2, 0) is 6.54 Å². The summed E-state index contributed by atoms with van der Waals surface area (Å²) in [6.45, 7) is 2.85. The van der Waals surface area contributed by atoms with Gasteiger partial charge in [-0.25, -0.2) is 4.79 Å². The fourth-order valence-electron chi connectivity index (χ4n) is 3.74. The van der Waals surface area contributed by atoms with E-state index in [-0.39, 0.29) is 17.3 Å². The van der Waals surface area contributed by atoms with Crippen molar-refractivity contribution in [3.8, 4) is 0 Å². The molecule has 1 aliphatic carbocycles. The fourth-order valence-corrected chi connectivity index (χ4v) is 3.74. The van der Waals surface area contributed by atoms with Crippen molar-refractivity contribution >= 4 is 10.9 Å². The smallest absolute Gasteiger partial charge is 0.293 e. The molecule has 0 N–H and O–H groups in total. The highest BCUT2D eigenvalue weighted by atomic mass is 16.2. The largest absolute Gasteiger partial charge is 0.331 e. The highest BCUT2D eigenvalue weighted by Crippen LogP contribution is 2.26. The third-order valence-corrected chi connectivity index (χ3v) is 5.01. The van der Waals surface area contributed by atoms with Crippen LogP contribution in [0.3, 0.4) is 0 Å². The van der Waals surface area contributed by atoms with Crippen LogP contribution in [0.25, 0.3) is 10.9 Å². The summed E-state index contributed by atoms with van der Waals surface area (Å²) < 4.78 is 3.37. The van der Waals surface area contributed by atoms with E-state index in [1.54, 1.807) is 4.57 Å². The Morgan fingerprint density at radius 1 is 1.04 bits per heavy atom. The molecule has 1 heterocycles. The summed E-state index contributed by atoms with van der Waals surface area (Å²) in [7, 11) is 0. The zero-order valence-electron chi connectivity index (χ0n) is 14.0. The molecule has 124 valence electrons. The monoisotopic (exact) mass is 314 g/mol. The van der Waals surface area contributed by atoms with Crippen molar-refractivity contribution in [1.29, 1.82) is 0 Å². The van der Waals surface area contributed by atoms with Gasteiger partial charge in [-0.15, -0.1) is 0 Å². The van der Waals surface area contributed by atoms with E-state index in [9.17, 15) is 9.59 Å². The normalized spacial score (nSPS) is 16.0. The van der Waals surface area contributed by atoms with Crippen LogP contribution in [0, 0.1) is 0 Å². The summed E-state index contributed by atoms with van der Waals surface area (Å²) >= 11 is 0. The number of nitrogens with zero attached hydrogens (tertiary/aromatic N) is 2. The van der Waals surface area contributed by atoms with Crippen molar-refractivity contribution in [1.82, 2.24) is 9.13 Å². The van der Waals surface area contributed by atoms with Gasteiger partial charge >= 0.3 is 5.69 Å². The van der Waals surface area contributed by atoms with E-state index in [0.717, 1.165) is 50.5 Å². The second-order valence-corrected chi connectivity index (χ2v) is 6.63. The predicted octanol–water partition coefficient (Wildman–Crippen LogP) is 3.86. The Labute approximate surface area is 136 Å². The topological polar surface area (TPSA) is 44.0 Å². The van der Waals surface area contributed by atoms with Crippen molar-refractivity contribution in [3.05, 3.63) is 45.1 Å². The average Bonchev–Trinajstić information content (AvgIpc) is 2.59. The quantitative estimate of drug-likeness (QED) is 0.787. The molecule has 0 unspecified atom stereocenters. The van der Waals surface area contributed by atoms with E-state index in [0.29, 0.717) is 11.9 Å². The first-order valence-corrected chi connectivity index (χ1v) is 8.98. The van der Waals surface area contributed by atoms with Crippen molar-refractivity contribution in [3.63, 3.8) is 0 Å². The average molecular weight is 314 g/mol. The molecular formula is C19H26N2O2. The number of fused-ring (bicyclic) bond motifs is 1. The van der Waals surface area contributed by atoms with Crippen LogP contribution in [0.2, 0.25) is 0 Å². The van der Waals surface area contributed by atoms with Crippen LogP contribution in [0.1, 0.15) is 64.3 Å². The summed E-state index contributed by atoms with van der Waals surface area (Å²) in [6, 6.07) is 7.62. The number of hydrogen-bond donors (Lipinski definition) is 0. The maximum absolute atomic E-state index is 13.0. The summed E-state index contributed by atoms with van der Waals surface area (Å²) in [6.07, 6.45) is 8.52. The molecule has 0 spiro atoms. The molecule has 23 heavy (non-hydrogen) atoms. The third kappa shape index (κ3) is 3.12. The molecule has 0 amide bonds. The summed E-state index contributed by atoms with van der Waals surface area (Å²) in [5, 5.41) is 0.675. The fraction of sp³-hybridized carbons (Fsp3) is 0.579. The summed E-state index contributed by atoms with van der Waals surface area (Å²) in [4.78, 5) is 25.9. The summed E-state index contributed by atoms with van der Waals surface area (Å²) in [5.41, 5.74) is 0.562. The molecule has 4 nitrogen and oxygen atoms in total. The minimum atomic E-state index is -0.114. The van der Waals surface area contributed by atoms with Gasteiger partial charge in [-0.05, 0) is 31.4 Å². The lowest BCUT2D eigenvalue weighted by Crippen LogP contribution is -2.42. The van der Waals surface area contributed by atoms with E-state index >= 15 is 0 Å². The Morgan fingerprint density at radius 3 is 2.52 bits per heavy atom. The van der Waals surface area contributed by atoms with Gasteiger partial charge in [0.2, 0.25) is 0 Å². The summed E-state index contributed by atoms with van der Waals surface area (Å²) in [5.74, 6) is 0. The molecule has 0 saturated heterocycles. The molecular weight excluding hydrogens is 288 g/mol. The Balaban J connectivity index is 2.15. The number of hydrogen-bond acceptors (Lipinski definition) is 2. The molecule has 1 saturated carbocycles. The molecule has 0 atom stereocenters. The standard InChI is InChI=1S/C19H26N2O2/c1-2-3-9-14-20-17-13-8-7-12-16(17)18(22)21(19(20)23)15-10-5-4-6-11-15/h7-8,12-13,15H,2-6,9-11,14H2,1H3. The number of rotatable bonds is 5. The van der Waals surface area contributed by atoms with Gasteiger partial charge in [-0.2, -0.15) is 0 Å². The van der Waals surface area contributed by atoms with Gasteiger partial charge in [0.1, 0.15) is 0 Å². The number of aromatic nitrogens is 2. The lowest BCUT2D eigenvalue weighted by molar-refractivity contribution is 0.331. The van der Waals surface area contributed by atoms with Gasteiger partial charge in [0.15, 0.2) is 0 Å². The van der Waals surface area contributed by atoms with Crippen LogP contribution in [-0.4, -0.2) is 9.13 Å². The molecule has 0 bridgehead atoms. The number of aryl methyl sites for hydroxylation is 1. The maximum Gasteiger partial charge on any atom is 0.331 e. The Bertz CT molecular complexity index is 782. The van der Waals surface area contributed by atoms with Crippen LogP contribution < -0.4 is 11.2 Å². The van der Waals surface area contributed by atoms with Gasteiger partial charge in [-0.3, -0.25) is 13.9 Å². The third-order valence-electron chi connectivity index (χ3n) is 5.01. The van der Waals surface area contributed by atoms with Gasteiger partial charge in [0.25, 0.3) is 5.56 Å². The molecule has 0 radical (unpaired) electrons. The highest BCUT2D eigenvalue weighted by Gasteiger charge is 2.21. The number of para-hydroxylation sites is 1. The molecule has 0 aliphatic heterocycles. The van der Waals surface area contributed by atoms with Crippen molar-refractivity contribution in [2.45, 2.75) is 70.9 Å². The molecule has 2 aromatic rings. The second-order valence-electron chi connectivity index (χ2n) is 6.63. The zero-order chi connectivity index (χ0) is 16.2. The lowest BCUT2D eigenvalue weighted by Gasteiger charge is -2.24. The Hall–Kier alpha value is -1.84. The van der Waals surface area contributed by atoms with E-state index in [4.69, 9.17) is 0 Å². The van der Waals surface area contributed by atoms with Gasteiger partial charge in [0, 0.05) is 12.6 Å². The molecule has 4 heteroatoms. The second kappa shape index (κ2) is 7.16. The minimum absolute atomic E-state index is 0.0748. The van der Waals surface area contributed by atoms with E-state index in [1.165, 1.54) is 6.42 Å². The highest BCUT2D eigenvalue weighted by molar-refractivity contribution is 5.77. The van der Waals surface area contributed by atoms with E-state index < -0.39 is 0 Å². The van der Waals surface area contributed by atoms with E-state index in [2.05, 4.69) is 6.92 Å². The van der Waals surface area contributed by atoms with Crippen molar-refractivity contribution in [2.24, 2.45) is 0 Å². The first kappa shape index (κ1) is 16.0. The Morgan fingerprint density at radius 2 is 1.78 bits per heavy atom. The zero-order valence-corrected chi connectivity index (χ0v) is 14.0. The van der Waals surface area contributed by atoms with Gasteiger partial charge in [0.05, 0.1) is 10.9 Å². The van der Waals surface area contributed by atoms with E-state index in [1.807, 2.05) is 28.8 Å². The van der Waals surface area contributed by atoms with Crippen molar-refractivity contribution < 1.29 is 0 Å². The van der Waals surface area contributed by atoms with Gasteiger partial charge in [-0.1, -0.05) is 51.2 Å². The predicted molar refractivity (Wildman–Crippen MR) is 94.1 cm³/mol. The van der Waals surface area contributed by atoms with Crippen LogP contribution in [0.5, 0.6) is 0 Å². The minimum Gasteiger partial charge on any atom is -0.293 e. The van der Waals surface area contributed by atoms with Gasteiger partial charge < -0.3 is 0 Å². The first-order valence-electron chi connectivity index (χ1n) is 8.98. The molecule has 1 aromatic heterocycles. The number of benzene rings is 1. The molecule has 3 rings (SSSR count). The lowest BCUT2D eigenvalue weighted by atomic mass is 9.95. The molecule has 1 aromatic carbocycles. The van der Waals surface area contributed by atoms with Crippen LogP contribution >= 0.6 is 0 Å².